The molecule has 0 saturated carbocycles. The van der Waals surface area contributed by atoms with E-state index >= 15 is 0 Å². The Morgan fingerprint density at radius 2 is 1.56 bits per heavy atom. The zero-order valence-corrected chi connectivity index (χ0v) is 27.2. The summed E-state index contributed by atoms with van der Waals surface area (Å²) in [6.07, 6.45) is 10.3. The van der Waals surface area contributed by atoms with Gasteiger partial charge in [0.05, 0.1) is 18.4 Å². The van der Waals surface area contributed by atoms with Crippen molar-refractivity contribution in [3.05, 3.63) is 108 Å². The molecule has 4 rings (SSSR count). The van der Waals surface area contributed by atoms with Crippen LogP contribution >= 0.6 is 0 Å². The molecular weight excluding hydrogens is 608 g/mol. The molecule has 0 bridgehead atoms. The van der Waals surface area contributed by atoms with Gasteiger partial charge in [-0.2, -0.15) is 5.10 Å². The van der Waals surface area contributed by atoms with Crippen LogP contribution in [0.3, 0.4) is 0 Å². The van der Waals surface area contributed by atoms with Crippen molar-refractivity contribution >= 4 is 35.6 Å². The summed E-state index contributed by atoms with van der Waals surface area (Å²) in [4.78, 5) is 52.0. The summed E-state index contributed by atoms with van der Waals surface area (Å²) >= 11 is 0. The molecule has 3 aromatic carbocycles. The zero-order valence-electron chi connectivity index (χ0n) is 27.2. The SMILES string of the molecule is O=C(CCCCCCC(=O)Nc1ccccc1O)N/N=C/c1cccc(CN2C[C@H](c3ccccc3)OC(=O)CC/C=C/CCC2=O)c1. The van der Waals surface area contributed by atoms with Gasteiger partial charge in [0.15, 0.2) is 0 Å². The normalized spacial score (nSPS) is 16.4. The summed E-state index contributed by atoms with van der Waals surface area (Å²) in [5.41, 5.74) is 5.46. The van der Waals surface area contributed by atoms with Crippen LogP contribution in [0.15, 0.2) is 96.1 Å². The van der Waals surface area contributed by atoms with Crippen LogP contribution in [0.4, 0.5) is 5.69 Å². The Labute approximate surface area is 281 Å². The van der Waals surface area contributed by atoms with E-state index in [1.165, 1.54) is 6.07 Å². The van der Waals surface area contributed by atoms with Gasteiger partial charge in [-0.25, -0.2) is 5.43 Å². The van der Waals surface area contributed by atoms with Gasteiger partial charge in [-0.3, -0.25) is 19.2 Å². The fraction of sp³-hybridized carbons (Fsp3) is 0.342. The van der Waals surface area contributed by atoms with Crippen LogP contribution in [0.5, 0.6) is 5.75 Å². The van der Waals surface area contributed by atoms with Gasteiger partial charge in [-0.1, -0.05) is 85.7 Å². The number of unbranched alkanes of at least 4 members (excludes halogenated alkanes) is 3. The second-order valence-electron chi connectivity index (χ2n) is 11.7. The fourth-order valence-corrected chi connectivity index (χ4v) is 5.30. The third-order valence-electron chi connectivity index (χ3n) is 7.85. The minimum absolute atomic E-state index is 0.0284. The van der Waals surface area contributed by atoms with E-state index in [1.54, 1.807) is 29.3 Å². The fourth-order valence-electron chi connectivity index (χ4n) is 5.30. The smallest absolute Gasteiger partial charge is 0.306 e. The third-order valence-corrected chi connectivity index (χ3v) is 7.85. The van der Waals surface area contributed by atoms with Gasteiger partial charge >= 0.3 is 5.97 Å². The number of phenols is 1. The van der Waals surface area contributed by atoms with Gasteiger partial charge < -0.3 is 20.1 Å². The lowest BCUT2D eigenvalue weighted by Gasteiger charge is -2.28. The standard InChI is InChI=1S/C38H44N4O6/c43-33-20-13-12-19-32(33)40-35(44)21-8-1-2-9-22-36(45)41-39-26-29-15-14-16-30(25-29)27-42-28-34(31-17-6-5-7-18-31)48-38(47)24-11-4-3-10-23-37(42)46/h3-7,12-20,25-26,34,43H,1-2,8-11,21-24,27-28H2,(H,40,44)(H,41,45)/b4-3+,39-26+/t34-/m1/s1. The second kappa shape index (κ2) is 19.4. The van der Waals surface area contributed by atoms with Gasteiger partial charge in [0.25, 0.3) is 0 Å². The van der Waals surface area contributed by atoms with Gasteiger partial charge in [-0.05, 0) is 60.6 Å². The molecule has 252 valence electrons. The largest absolute Gasteiger partial charge is 0.506 e. The molecule has 0 fully saturated rings. The molecule has 0 unspecified atom stereocenters. The molecule has 0 radical (unpaired) electrons. The van der Waals surface area contributed by atoms with Crippen LogP contribution in [0.1, 0.15) is 87.0 Å². The number of carbonyl (C=O) groups is 4. The number of nitrogens with zero attached hydrogens (tertiary/aromatic N) is 2. The number of amides is 3. The van der Waals surface area contributed by atoms with Crippen molar-refractivity contribution in [2.24, 2.45) is 5.10 Å². The van der Waals surface area contributed by atoms with Crippen LogP contribution < -0.4 is 10.7 Å². The predicted octanol–water partition coefficient (Wildman–Crippen LogP) is 6.56. The molecule has 1 heterocycles. The maximum Gasteiger partial charge on any atom is 0.306 e. The Morgan fingerprint density at radius 3 is 2.33 bits per heavy atom. The van der Waals surface area contributed by atoms with Crippen molar-refractivity contribution in [3.8, 4) is 5.75 Å². The van der Waals surface area contributed by atoms with Crippen molar-refractivity contribution in [2.45, 2.75) is 76.9 Å². The Hall–Kier alpha value is -5.25. The molecule has 0 aromatic heterocycles. The number of benzene rings is 3. The summed E-state index contributed by atoms with van der Waals surface area (Å²) in [6.45, 7) is 0.561. The minimum atomic E-state index is -0.583. The number of allylic oxidation sites excluding steroid dienone is 2. The molecule has 48 heavy (non-hydrogen) atoms. The van der Waals surface area contributed by atoms with E-state index in [4.69, 9.17) is 4.74 Å². The first kappa shape index (κ1) is 35.6. The number of carbonyl (C=O) groups excluding carboxylic acids is 4. The highest BCUT2D eigenvalue weighted by molar-refractivity contribution is 5.92. The Balaban J connectivity index is 1.24. The highest BCUT2D eigenvalue weighted by Gasteiger charge is 2.24. The number of rotatable bonds is 13. The molecule has 0 saturated heterocycles. The number of hydrazone groups is 1. The zero-order chi connectivity index (χ0) is 34.0. The highest BCUT2D eigenvalue weighted by atomic mass is 16.5. The summed E-state index contributed by atoms with van der Waals surface area (Å²) in [7, 11) is 0. The van der Waals surface area contributed by atoms with E-state index in [9.17, 15) is 24.3 Å². The molecule has 10 nitrogen and oxygen atoms in total. The van der Waals surface area contributed by atoms with Gasteiger partial charge in [0, 0.05) is 32.2 Å². The van der Waals surface area contributed by atoms with Crippen LogP contribution in [0, 0.1) is 0 Å². The van der Waals surface area contributed by atoms with Crippen LogP contribution in [-0.2, 0) is 30.5 Å². The maximum absolute atomic E-state index is 13.3. The lowest BCUT2D eigenvalue weighted by Crippen LogP contribution is -2.35. The summed E-state index contributed by atoms with van der Waals surface area (Å²) in [5, 5.41) is 16.6. The number of nitrogens with one attached hydrogen (secondary N) is 2. The molecule has 3 amide bonds. The molecule has 0 spiro atoms. The lowest BCUT2D eigenvalue weighted by molar-refractivity contribution is -0.152. The van der Waals surface area contributed by atoms with E-state index in [2.05, 4.69) is 15.8 Å². The summed E-state index contributed by atoms with van der Waals surface area (Å²) in [5.74, 6) is -0.641. The number of phenolic OH excluding ortho intramolecular Hbond substituents is 1. The average molecular weight is 653 g/mol. The molecule has 3 aromatic rings. The number of esters is 1. The Bertz CT molecular complexity index is 1570. The number of hydrogen-bond acceptors (Lipinski definition) is 7. The topological polar surface area (TPSA) is 137 Å². The maximum atomic E-state index is 13.3. The molecule has 1 aliphatic heterocycles. The highest BCUT2D eigenvalue weighted by Crippen LogP contribution is 2.23. The number of hydrogen-bond donors (Lipinski definition) is 3. The molecule has 1 aliphatic rings. The van der Waals surface area contributed by atoms with E-state index in [0.29, 0.717) is 57.2 Å². The first-order valence-electron chi connectivity index (χ1n) is 16.5. The number of aromatic hydroxyl groups is 1. The number of ether oxygens (including phenoxy) is 1. The molecule has 3 N–H and O–H groups in total. The minimum Gasteiger partial charge on any atom is -0.506 e. The van der Waals surface area contributed by atoms with Crippen LogP contribution in [0.2, 0.25) is 0 Å². The molecular formula is C38H44N4O6. The van der Waals surface area contributed by atoms with Gasteiger partial charge in [-0.15, -0.1) is 0 Å². The molecule has 0 aliphatic carbocycles. The number of para-hydroxylation sites is 2. The third kappa shape index (κ3) is 12.5. The van der Waals surface area contributed by atoms with E-state index in [-0.39, 0.29) is 42.4 Å². The second-order valence-corrected chi connectivity index (χ2v) is 11.7. The van der Waals surface area contributed by atoms with Gasteiger partial charge in [0.2, 0.25) is 17.7 Å². The summed E-state index contributed by atoms with van der Waals surface area (Å²) in [6, 6.07) is 23.7. The Morgan fingerprint density at radius 1 is 0.854 bits per heavy atom. The van der Waals surface area contributed by atoms with Crippen molar-refractivity contribution in [3.63, 3.8) is 0 Å². The van der Waals surface area contributed by atoms with Gasteiger partial charge in [0.1, 0.15) is 11.9 Å². The number of cyclic esters (lactones) is 1. The Kier molecular flexibility index (Phi) is 14.4. The van der Waals surface area contributed by atoms with Crippen molar-refractivity contribution in [1.82, 2.24) is 10.3 Å². The lowest BCUT2D eigenvalue weighted by atomic mass is 10.1. The van der Waals surface area contributed by atoms with E-state index in [1.807, 2.05) is 66.7 Å². The van der Waals surface area contributed by atoms with Crippen LogP contribution in [-0.4, -0.2) is 46.5 Å². The first-order chi connectivity index (χ1) is 23.4. The van der Waals surface area contributed by atoms with E-state index < -0.39 is 6.10 Å². The monoisotopic (exact) mass is 652 g/mol. The van der Waals surface area contributed by atoms with Crippen LogP contribution in [0.25, 0.3) is 0 Å². The number of anilines is 1. The van der Waals surface area contributed by atoms with E-state index in [0.717, 1.165) is 29.5 Å². The average Bonchev–Trinajstić information content (AvgIpc) is 3.08. The predicted molar refractivity (Wildman–Crippen MR) is 185 cm³/mol. The van der Waals surface area contributed by atoms with Crippen molar-refractivity contribution < 1.29 is 29.0 Å². The molecule has 1 atom stereocenters. The summed E-state index contributed by atoms with van der Waals surface area (Å²) < 4.78 is 5.85. The van der Waals surface area contributed by atoms with Crippen molar-refractivity contribution in [2.75, 3.05) is 11.9 Å². The molecule has 10 heteroatoms. The first-order valence-corrected chi connectivity index (χ1v) is 16.5. The van der Waals surface area contributed by atoms with Crippen molar-refractivity contribution in [1.29, 1.82) is 0 Å². The quantitative estimate of drug-likeness (QED) is 0.0477.